The van der Waals surface area contributed by atoms with Gasteiger partial charge in [-0.25, -0.2) is 8.42 Å². The maximum absolute atomic E-state index is 13.3. The lowest BCUT2D eigenvalue weighted by molar-refractivity contribution is 0.395. The Bertz CT molecular complexity index is 1070. The van der Waals surface area contributed by atoms with E-state index in [2.05, 4.69) is 10.3 Å². The number of anilines is 1. The summed E-state index contributed by atoms with van der Waals surface area (Å²) in [5.41, 5.74) is -0.121. The first-order valence-electron chi connectivity index (χ1n) is 9.55. The molecule has 0 amide bonds. The molecule has 0 heterocycles. The fourth-order valence-electron chi connectivity index (χ4n) is 2.62. The summed E-state index contributed by atoms with van der Waals surface area (Å²) in [6, 6.07) is 12.6. The zero-order valence-electron chi connectivity index (χ0n) is 18.1. The average molecular weight is 464 g/mol. The van der Waals surface area contributed by atoms with Gasteiger partial charge in [-0.1, -0.05) is 18.5 Å². The zero-order valence-corrected chi connectivity index (χ0v) is 19.7. The number of nitrogens with one attached hydrogen (secondary N) is 1. The molecule has 1 N–H and O–H groups in total. The summed E-state index contributed by atoms with van der Waals surface area (Å²) in [7, 11) is -1.05. The monoisotopic (exact) mass is 463 g/mol. The van der Waals surface area contributed by atoms with Gasteiger partial charge in [0.2, 0.25) is 15.1 Å². The molecule has 0 radical (unpaired) electrons. The Morgan fingerprint density at radius 1 is 1.16 bits per heavy atom. The van der Waals surface area contributed by atoms with Gasteiger partial charge in [0.1, 0.15) is 17.3 Å². The number of benzene rings is 2. The molecule has 0 aliphatic carbocycles. The number of sulfone groups is 1. The lowest BCUT2D eigenvalue weighted by atomic mass is 10.0. The van der Waals surface area contributed by atoms with Crippen LogP contribution < -0.4 is 14.8 Å². The van der Waals surface area contributed by atoms with Crippen molar-refractivity contribution in [1.29, 1.82) is 5.26 Å². The largest absolute Gasteiger partial charge is 0.497 e. The van der Waals surface area contributed by atoms with E-state index in [-0.39, 0.29) is 10.7 Å². The first kappa shape index (κ1) is 24.5. The molecular formula is C22H26ClN3O4S. The SMILES string of the molecule is CCC(C)(C)N=C(Nc1cc(OC)cc(OC)c1)C(C#N)S(=O)(=O)c1ccc(Cl)cc1. The van der Waals surface area contributed by atoms with Crippen molar-refractivity contribution in [3.8, 4) is 17.6 Å². The summed E-state index contributed by atoms with van der Waals surface area (Å²) in [6.07, 6.45) is 0.638. The number of rotatable bonds is 8. The van der Waals surface area contributed by atoms with Crippen LogP contribution in [0.3, 0.4) is 0 Å². The fraction of sp³-hybridized carbons (Fsp3) is 0.364. The third kappa shape index (κ3) is 6.12. The summed E-state index contributed by atoms with van der Waals surface area (Å²) >= 11 is 5.89. The third-order valence-electron chi connectivity index (χ3n) is 4.73. The van der Waals surface area contributed by atoms with E-state index in [1.165, 1.54) is 38.5 Å². The first-order valence-corrected chi connectivity index (χ1v) is 11.5. The van der Waals surface area contributed by atoms with Crippen molar-refractivity contribution in [1.82, 2.24) is 0 Å². The van der Waals surface area contributed by atoms with Gasteiger partial charge in [-0.3, -0.25) is 4.99 Å². The topological polar surface area (TPSA) is 101 Å². The minimum absolute atomic E-state index is 0.0135. The Morgan fingerprint density at radius 3 is 2.16 bits per heavy atom. The number of hydrogen-bond donors (Lipinski definition) is 1. The van der Waals surface area contributed by atoms with Crippen molar-refractivity contribution in [3.05, 3.63) is 47.5 Å². The minimum atomic E-state index is -4.07. The summed E-state index contributed by atoms with van der Waals surface area (Å²) in [5.74, 6) is 1.02. The molecule has 1 atom stereocenters. The number of halogens is 1. The Kier molecular flexibility index (Phi) is 7.93. The van der Waals surface area contributed by atoms with E-state index in [0.717, 1.165) is 0 Å². The number of ether oxygens (including phenoxy) is 2. The normalized spacial score (nSPS) is 13.3. The van der Waals surface area contributed by atoms with Crippen molar-refractivity contribution in [2.75, 3.05) is 19.5 Å². The van der Waals surface area contributed by atoms with Gasteiger partial charge < -0.3 is 14.8 Å². The summed E-state index contributed by atoms with van der Waals surface area (Å²) in [5, 5.41) is 11.7. The second-order valence-electron chi connectivity index (χ2n) is 7.40. The third-order valence-corrected chi connectivity index (χ3v) is 6.86. The van der Waals surface area contributed by atoms with Crippen molar-refractivity contribution >= 4 is 33.0 Å². The summed E-state index contributed by atoms with van der Waals surface area (Å²) < 4.78 is 37.1. The molecule has 7 nitrogen and oxygen atoms in total. The highest BCUT2D eigenvalue weighted by molar-refractivity contribution is 7.93. The molecule has 0 fully saturated rings. The van der Waals surface area contributed by atoms with Gasteiger partial charge in [-0.2, -0.15) is 5.26 Å². The van der Waals surface area contributed by atoms with E-state index in [1.807, 2.05) is 26.8 Å². The fourth-order valence-corrected chi connectivity index (χ4v) is 4.08. The molecule has 0 aromatic heterocycles. The quantitative estimate of drug-likeness (QED) is 0.449. The van der Waals surface area contributed by atoms with E-state index in [9.17, 15) is 13.7 Å². The van der Waals surface area contributed by atoms with Crippen LogP contribution in [0.15, 0.2) is 52.4 Å². The predicted octanol–water partition coefficient (Wildman–Crippen LogP) is 4.72. The lowest BCUT2D eigenvalue weighted by Gasteiger charge is -2.23. The number of nitriles is 1. The van der Waals surface area contributed by atoms with Gasteiger partial charge in [-0.15, -0.1) is 0 Å². The van der Waals surface area contributed by atoms with Crippen LogP contribution in [0.1, 0.15) is 27.2 Å². The van der Waals surface area contributed by atoms with Crippen molar-refractivity contribution in [2.24, 2.45) is 4.99 Å². The lowest BCUT2D eigenvalue weighted by Crippen LogP contribution is -2.37. The molecule has 31 heavy (non-hydrogen) atoms. The Labute approximate surface area is 188 Å². The first-order chi connectivity index (χ1) is 14.6. The maximum atomic E-state index is 13.3. The van der Waals surface area contributed by atoms with Crippen LogP contribution in [-0.2, 0) is 9.84 Å². The summed E-state index contributed by atoms with van der Waals surface area (Å²) in [6.45, 7) is 5.67. The van der Waals surface area contributed by atoms with Crippen LogP contribution in [-0.4, -0.2) is 39.3 Å². The molecule has 0 saturated carbocycles. The highest BCUT2D eigenvalue weighted by Crippen LogP contribution is 2.28. The Morgan fingerprint density at radius 2 is 1.71 bits per heavy atom. The van der Waals surface area contributed by atoms with Gasteiger partial charge in [-0.05, 0) is 44.5 Å². The van der Waals surface area contributed by atoms with Crippen LogP contribution in [0.5, 0.6) is 11.5 Å². The molecular weight excluding hydrogens is 438 g/mol. The number of nitrogens with zero attached hydrogens (tertiary/aromatic N) is 2. The molecule has 166 valence electrons. The molecule has 2 aromatic carbocycles. The average Bonchev–Trinajstić information content (AvgIpc) is 2.73. The van der Waals surface area contributed by atoms with Gasteiger partial charge in [0.05, 0.1) is 30.7 Å². The molecule has 0 spiro atoms. The molecule has 0 saturated heterocycles. The van der Waals surface area contributed by atoms with E-state index >= 15 is 0 Å². The molecule has 1 unspecified atom stereocenters. The molecule has 0 aliphatic heterocycles. The predicted molar refractivity (Wildman–Crippen MR) is 123 cm³/mol. The van der Waals surface area contributed by atoms with Crippen LogP contribution in [0, 0.1) is 11.3 Å². The molecule has 2 aromatic rings. The number of hydrogen-bond acceptors (Lipinski definition) is 6. The maximum Gasteiger partial charge on any atom is 0.209 e. The van der Waals surface area contributed by atoms with E-state index in [0.29, 0.717) is 28.6 Å². The highest BCUT2D eigenvalue weighted by atomic mass is 35.5. The van der Waals surface area contributed by atoms with Gasteiger partial charge in [0.25, 0.3) is 0 Å². The standard InChI is InChI=1S/C22H26ClN3O4S/c1-6-22(2,3)26-21(25-16-11-17(29-4)13-18(12-16)30-5)20(14-24)31(27,28)19-9-7-15(23)8-10-19/h7-13,20H,6H2,1-5H3,(H,25,26). The van der Waals surface area contributed by atoms with E-state index < -0.39 is 20.6 Å². The van der Waals surface area contributed by atoms with Crippen molar-refractivity contribution in [2.45, 2.75) is 42.9 Å². The summed E-state index contributed by atoms with van der Waals surface area (Å²) in [4.78, 5) is 4.59. The smallest absolute Gasteiger partial charge is 0.209 e. The molecule has 0 bridgehead atoms. The number of amidine groups is 1. The number of aliphatic imine (C=N–C) groups is 1. The van der Waals surface area contributed by atoms with Crippen molar-refractivity contribution in [3.63, 3.8) is 0 Å². The molecule has 0 aliphatic rings. The van der Waals surface area contributed by atoms with Crippen LogP contribution in [0.2, 0.25) is 5.02 Å². The van der Waals surface area contributed by atoms with Gasteiger partial charge in [0, 0.05) is 28.9 Å². The second-order valence-corrected chi connectivity index (χ2v) is 9.87. The number of methoxy groups -OCH3 is 2. The Balaban J connectivity index is 2.60. The van der Waals surface area contributed by atoms with E-state index in [4.69, 9.17) is 21.1 Å². The second kappa shape index (κ2) is 10.0. The van der Waals surface area contributed by atoms with Gasteiger partial charge in [0.15, 0.2) is 0 Å². The zero-order chi connectivity index (χ0) is 23.2. The van der Waals surface area contributed by atoms with Crippen molar-refractivity contribution < 1.29 is 17.9 Å². The van der Waals surface area contributed by atoms with Gasteiger partial charge >= 0.3 is 0 Å². The van der Waals surface area contributed by atoms with Crippen LogP contribution in [0.4, 0.5) is 5.69 Å². The van der Waals surface area contributed by atoms with Crippen LogP contribution in [0.25, 0.3) is 0 Å². The molecule has 9 heteroatoms. The minimum Gasteiger partial charge on any atom is -0.497 e. The van der Waals surface area contributed by atoms with Crippen LogP contribution >= 0.6 is 11.6 Å². The Hall–Kier alpha value is -2.76. The molecule has 2 rings (SSSR count). The highest BCUT2D eigenvalue weighted by Gasteiger charge is 2.34. The van der Waals surface area contributed by atoms with E-state index in [1.54, 1.807) is 18.2 Å².